The van der Waals surface area contributed by atoms with Crippen molar-refractivity contribution in [3.8, 4) is 17.2 Å². The fourth-order valence-corrected chi connectivity index (χ4v) is 17.4. The molecule has 0 aliphatic heterocycles. The molecule has 0 radical (unpaired) electrons. The average Bonchev–Trinajstić information content (AvgIpc) is 0.799. The highest BCUT2D eigenvalue weighted by Gasteiger charge is 2.50. The number of esters is 1. The first kappa shape index (κ1) is 117. The summed E-state index contributed by atoms with van der Waals surface area (Å²) in [6.45, 7) is 86.2. The van der Waals surface area contributed by atoms with Crippen LogP contribution in [0.25, 0.3) is 0 Å². The molecule has 0 N–H and O–H groups in total. The topological polar surface area (TPSA) is 212 Å². The quantitative estimate of drug-likeness (QED) is 0.0223. The van der Waals surface area contributed by atoms with E-state index in [0.29, 0.717) is 69.5 Å². The lowest BCUT2D eigenvalue weighted by molar-refractivity contribution is -0.145. The number of hydrogen-bond donors (Lipinski definition) is 0. The minimum atomic E-state index is -2.16. The van der Waals surface area contributed by atoms with Crippen LogP contribution in [0, 0.1) is 86.8 Å². The summed E-state index contributed by atoms with van der Waals surface area (Å²) in [6, 6.07) is 23.5. The predicted molar refractivity (Wildman–Crippen MR) is 509 cm³/mol. The van der Waals surface area contributed by atoms with Crippen molar-refractivity contribution in [3.63, 3.8) is 0 Å². The molecule has 0 aromatic heterocycles. The zero-order valence-electron chi connectivity index (χ0n) is 84.0. The summed E-state index contributed by atoms with van der Waals surface area (Å²) in [6.07, 6.45) is 8.25. The zero-order valence-corrected chi connectivity index (χ0v) is 87.0. The Balaban J connectivity index is 0. The van der Waals surface area contributed by atoms with Crippen molar-refractivity contribution in [1.29, 1.82) is 0 Å². The Morgan fingerprint density at radius 3 is 0.934 bits per heavy atom. The lowest BCUT2D eigenvalue weighted by Gasteiger charge is -2.44. The van der Waals surface area contributed by atoms with E-state index in [-0.39, 0.29) is 109 Å². The Morgan fingerprint density at radius 2 is 0.669 bits per heavy atom. The summed E-state index contributed by atoms with van der Waals surface area (Å²) in [4.78, 5) is 85.8. The Morgan fingerprint density at radius 1 is 0.388 bits per heavy atom. The third kappa shape index (κ3) is 38.3. The summed E-state index contributed by atoms with van der Waals surface area (Å²) in [5.41, 5.74) is 1.52. The summed E-state index contributed by atoms with van der Waals surface area (Å²) in [5.74, 6) is 2.73. The van der Waals surface area contributed by atoms with E-state index in [1.807, 2.05) is 147 Å². The molecule has 20 heteroatoms. The smallest absolute Gasteiger partial charge is 0.305 e. The van der Waals surface area contributed by atoms with Gasteiger partial charge in [0.2, 0.25) is 0 Å². The van der Waals surface area contributed by atoms with E-state index in [2.05, 4.69) is 191 Å². The normalized spacial score (nSPS) is 16.0. The summed E-state index contributed by atoms with van der Waals surface area (Å²) in [7, 11) is -0.00454. The standard InChI is InChI=1S/C29H50O4Si.C28H50O4Si.C21H40O5Si.C12H16O3.C11H20O/c1-13-14-22(3)29(8,9)27(30)23(4)26(33-34(11,12)28(5,6)7)21(2)19-32-20-24-15-17-25(31-10)18-16-24;1-13-21(3)28(8,9)26(29)22(4)25(32-33(11,12)27(5,6)7)20(2)18-31-19-23-14-16-24(30-10)17-15-23;1-14(13-22)18(26-27(10,11)20(4,5)6)16(3)19(24)21(7,8)15(2)12-17(23)25-9;1-10(7-13)8-15-9-11-3-5-12(14-2)6-4-11;1-6-8-9(3)11(4,5)10(12)7-2/h13,15-18,21-23,26H,1,14,19-20H2,2-12H3;14-17,20-22,25H,13,18-19H2,1-12H3;13-16,18H,12H2,1-11H3;3-7,10H,8-9H2,1-2H3;6,9H,1,7-8H2,2-5H3/t21-,22-,23+,26-;20-,21-,22+,25-;14-,15-,16+,18-;;9-/m000.0/s1. The number of Topliss-reactive ketones (excluding diaryl/α,β-unsaturated/α-hetero) is 4. The van der Waals surface area contributed by atoms with Gasteiger partial charge in [0.05, 0.1) is 86.4 Å². The lowest BCUT2D eigenvalue weighted by Crippen LogP contribution is -2.51. The second-order valence-electron chi connectivity index (χ2n) is 41.1. The van der Waals surface area contributed by atoms with Crippen LogP contribution < -0.4 is 14.2 Å². The van der Waals surface area contributed by atoms with Gasteiger partial charge in [-0.25, -0.2) is 0 Å². The van der Waals surface area contributed by atoms with Gasteiger partial charge in [-0.05, 0) is 144 Å². The van der Waals surface area contributed by atoms with E-state index in [1.54, 1.807) is 28.3 Å². The fourth-order valence-electron chi connectivity index (χ4n) is 13.1. The molecule has 3 aromatic carbocycles. The van der Waals surface area contributed by atoms with Gasteiger partial charge < -0.3 is 56.0 Å². The van der Waals surface area contributed by atoms with E-state index in [4.69, 9.17) is 46.4 Å². The van der Waals surface area contributed by atoms with E-state index in [0.717, 1.165) is 65.8 Å². The van der Waals surface area contributed by atoms with Gasteiger partial charge in [-0.15, -0.1) is 13.2 Å². The van der Waals surface area contributed by atoms with Gasteiger partial charge in [0, 0.05) is 75.9 Å². The number of carbonyl (C=O) groups is 7. The van der Waals surface area contributed by atoms with Gasteiger partial charge in [-0.3, -0.25) is 24.0 Å². The predicted octanol–water partition coefficient (Wildman–Crippen LogP) is 25.1. The number of carbonyl (C=O) groups excluding carboxylic acids is 7. The molecule has 121 heavy (non-hydrogen) atoms. The molecular weight excluding hydrogens is 1570 g/mol. The van der Waals surface area contributed by atoms with Gasteiger partial charge in [0.25, 0.3) is 0 Å². The van der Waals surface area contributed by atoms with Gasteiger partial charge >= 0.3 is 5.97 Å². The number of methoxy groups -OCH3 is 4. The maximum Gasteiger partial charge on any atom is 0.305 e. The first-order chi connectivity index (χ1) is 55.4. The van der Waals surface area contributed by atoms with Crippen LogP contribution in [0.3, 0.4) is 0 Å². The molecule has 694 valence electrons. The molecule has 17 nitrogen and oxygen atoms in total. The maximum atomic E-state index is 13.8. The Bertz CT molecular complexity index is 3520. The van der Waals surface area contributed by atoms with Crippen molar-refractivity contribution in [1.82, 2.24) is 0 Å². The molecule has 0 bridgehead atoms. The van der Waals surface area contributed by atoms with Crippen molar-refractivity contribution in [2.24, 2.45) is 86.8 Å². The van der Waals surface area contributed by atoms with Crippen molar-refractivity contribution in [2.75, 3.05) is 48.3 Å². The highest BCUT2D eigenvalue weighted by atomic mass is 28.4. The van der Waals surface area contributed by atoms with Crippen LogP contribution in [0.15, 0.2) is 98.1 Å². The van der Waals surface area contributed by atoms with Crippen molar-refractivity contribution in [2.45, 2.75) is 332 Å². The summed E-state index contributed by atoms with van der Waals surface area (Å²) in [5, 5.41) is 0.109. The first-order valence-corrected chi connectivity index (χ1v) is 53.1. The molecule has 0 heterocycles. The molecule has 0 saturated carbocycles. The van der Waals surface area contributed by atoms with E-state index in [1.165, 1.54) is 7.11 Å². The number of ether oxygens (including phenoxy) is 7. The van der Waals surface area contributed by atoms with Crippen LogP contribution in [0.1, 0.15) is 257 Å². The maximum absolute atomic E-state index is 13.8. The third-order valence-electron chi connectivity index (χ3n) is 27.2. The summed E-state index contributed by atoms with van der Waals surface area (Å²) >= 11 is 0. The number of ketones is 4. The monoisotopic (exact) mass is 1750 g/mol. The highest BCUT2D eigenvalue weighted by Crippen LogP contribution is 2.46. The number of benzene rings is 3. The highest BCUT2D eigenvalue weighted by molar-refractivity contribution is 6.75. The number of hydrogen-bond acceptors (Lipinski definition) is 17. The lowest BCUT2D eigenvalue weighted by atomic mass is 9.69. The van der Waals surface area contributed by atoms with Crippen LogP contribution in [-0.2, 0) is 85.6 Å². The van der Waals surface area contributed by atoms with Crippen molar-refractivity contribution in [3.05, 3.63) is 115 Å². The first-order valence-electron chi connectivity index (χ1n) is 44.4. The van der Waals surface area contributed by atoms with E-state index < -0.39 is 47.8 Å². The van der Waals surface area contributed by atoms with Crippen LogP contribution in [-0.4, -0.2) is 133 Å². The van der Waals surface area contributed by atoms with Gasteiger partial charge in [-0.1, -0.05) is 263 Å². The Kier molecular flexibility index (Phi) is 51.6. The van der Waals surface area contributed by atoms with Crippen LogP contribution in [0.5, 0.6) is 17.2 Å². The molecule has 3 rings (SSSR count). The SMILES string of the molecule is C=CC[C@H](C)C(C)(C)C(=O)CC.C=CC[C@H](C)C(C)(C)C(=O)[C@H](C)[C@@H](O[Si](C)(C)C(C)(C)C)[C@@H](C)COCc1ccc(OC)cc1.CC[C@H](C)C(C)(C)C(=O)[C@H](C)[C@@H](O[Si](C)(C)C(C)(C)C)[C@@H](C)COCc1ccc(OC)cc1.COC(=O)C[C@H](C)C(C)(C)C(=O)[C@H](C)[C@@H](O[Si](C)(C)C(C)(C)C)[C@@H](C)C=O.COc1ccc(COCC(C)C=O)cc1. The molecular formula is C101H176O17Si3. The second-order valence-corrected chi connectivity index (χ2v) is 55.4. The molecule has 0 aliphatic carbocycles. The number of aldehydes is 2. The molecule has 0 saturated heterocycles. The average molecular weight is 1750 g/mol. The Labute approximate surface area is 741 Å². The van der Waals surface area contributed by atoms with Gasteiger partial charge in [-0.2, -0.15) is 0 Å². The largest absolute Gasteiger partial charge is 0.497 e. The number of allylic oxidation sites excluding steroid dienone is 2. The van der Waals surface area contributed by atoms with Gasteiger partial charge in [0.1, 0.15) is 53.0 Å². The number of rotatable bonds is 48. The molecule has 14 atom stereocenters. The molecule has 0 fully saturated rings. The second kappa shape index (κ2) is 53.2. The minimum Gasteiger partial charge on any atom is -0.497 e. The van der Waals surface area contributed by atoms with E-state index >= 15 is 0 Å². The Hall–Kier alpha value is -5.56. The van der Waals surface area contributed by atoms with Crippen LogP contribution in [0.4, 0.5) is 0 Å². The van der Waals surface area contributed by atoms with Crippen molar-refractivity contribution >= 4 is 66.6 Å². The summed E-state index contributed by atoms with van der Waals surface area (Å²) < 4.78 is 58.2. The van der Waals surface area contributed by atoms with Crippen LogP contribution >= 0.6 is 0 Å². The zero-order chi connectivity index (χ0) is 94.6. The molecule has 0 aliphatic rings. The minimum absolute atomic E-state index is 0.0105. The van der Waals surface area contributed by atoms with E-state index in [9.17, 15) is 33.6 Å². The molecule has 0 spiro atoms. The molecule has 0 amide bonds. The van der Waals surface area contributed by atoms with Gasteiger partial charge in [0.15, 0.2) is 25.0 Å². The fraction of sp³-hybridized carbons (Fsp3) is 0.713. The molecule has 1 unspecified atom stereocenters. The van der Waals surface area contributed by atoms with Crippen LogP contribution in [0.2, 0.25) is 54.4 Å². The molecule has 3 aromatic rings. The third-order valence-corrected chi connectivity index (χ3v) is 40.6. The van der Waals surface area contributed by atoms with Crippen molar-refractivity contribution < 1.29 is 80.0 Å².